The number of thiazole rings is 1. The van der Waals surface area contributed by atoms with Crippen molar-refractivity contribution in [3.05, 3.63) is 69.3 Å². The van der Waals surface area contributed by atoms with Crippen LogP contribution in [0, 0.1) is 0 Å². The second-order valence-electron chi connectivity index (χ2n) is 7.02. The fraction of sp³-hybridized carbons (Fsp3) is 0.318. The Hall–Kier alpha value is -2.28. The maximum Gasteiger partial charge on any atom is 0.270 e. The third-order valence-corrected chi connectivity index (χ3v) is 6.84. The normalized spacial score (nSPS) is 16.8. The van der Waals surface area contributed by atoms with Crippen LogP contribution < -0.4 is 5.32 Å². The third kappa shape index (κ3) is 4.66. The lowest BCUT2D eigenvalue weighted by Gasteiger charge is -2.15. The summed E-state index contributed by atoms with van der Waals surface area (Å²) in [6.07, 6.45) is 6.53. The molecule has 0 radical (unpaired) electrons. The van der Waals surface area contributed by atoms with Gasteiger partial charge in [0.1, 0.15) is 11.9 Å². The highest BCUT2D eigenvalue weighted by Gasteiger charge is 2.25. The van der Waals surface area contributed by atoms with E-state index in [0.29, 0.717) is 23.9 Å². The molecule has 1 saturated heterocycles. The molecule has 1 aromatic carbocycles. The summed E-state index contributed by atoms with van der Waals surface area (Å²) in [7, 11) is 0.0630. The highest BCUT2D eigenvalue weighted by molar-refractivity contribution is 7.27. The van der Waals surface area contributed by atoms with Gasteiger partial charge in [0.25, 0.3) is 5.91 Å². The van der Waals surface area contributed by atoms with Crippen molar-refractivity contribution in [1.29, 1.82) is 0 Å². The highest BCUT2D eigenvalue weighted by Crippen LogP contribution is 2.32. The number of aromatic nitrogens is 2. The Labute approximate surface area is 178 Å². The first-order valence-electron chi connectivity index (χ1n) is 9.66. The van der Waals surface area contributed by atoms with Crippen LogP contribution in [-0.2, 0) is 17.4 Å². The number of halogens is 1. The summed E-state index contributed by atoms with van der Waals surface area (Å²) in [5.74, 6) is -0.179. The number of benzene rings is 1. The molecule has 1 aliphatic heterocycles. The lowest BCUT2D eigenvalue weighted by molar-refractivity contribution is 0.0921. The van der Waals surface area contributed by atoms with Gasteiger partial charge in [0, 0.05) is 29.3 Å². The number of carbonyl (C=O) groups excluding carboxylic acids is 1. The second kappa shape index (κ2) is 9.03. The number of rotatable bonds is 6. The maximum atomic E-state index is 13.0. The Bertz CT molecular complexity index is 1010. The summed E-state index contributed by atoms with van der Waals surface area (Å²) < 4.78 is 5.83. The van der Waals surface area contributed by atoms with Crippen LogP contribution >= 0.6 is 22.1 Å². The monoisotopic (exact) mass is 428 g/mol. The minimum absolute atomic E-state index is 0.0630. The van der Waals surface area contributed by atoms with E-state index in [1.54, 1.807) is 0 Å². The number of carbonyl (C=O) groups is 1. The molecule has 0 aliphatic carbocycles. The zero-order chi connectivity index (χ0) is 20.2. The summed E-state index contributed by atoms with van der Waals surface area (Å²) in [5.41, 5.74) is 2.88. The number of hydrogen-bond acceptors (Lipinski definition) is 4. The number of hydrogen-bond donors (Lipinski definition) is 1. The van der Waals surface area contributed by atoms with Gasteiger partial charge in [-0.3, -0.25) is 4.79 Å². The van der Waals surface area contributed by atoms with Crippen LogP contribution in [0.15, 0.2) is 48.0 Å². The zero-order valence-corrected chi connectivity index (χ0v) is 17.8. The van der Waals surface area contributed by atoms with Gasteiger partial charge >= 0.3 is 0 Å². The van der Waals surface area contributed by atoms with Gasteiger partial charge in [0.2, 0.25) is 5.01 Å². The first-order chi connectivity index (χ1) is 14.1. The molecule has 0 saturated carbocycles. The number of amides is 1. The Morgan fingerprint density at radius 1 is 1.34 bits per heavy atom. The van der Waals surface area contributed by atoms with E-state index in [4.69, 9.17) is 21.3 Å². The van der Waals surface area contributed by atoms with E-state index in [9.17, 15) is 4.79 Å². The molecule has 150 valence electrons. The first-order valence-corrected chi connectivity index (χ1v) is 11.7. The quantitative estimate of drug-likeness (QED) is 0.567. The van der Waals surface area contributed by atoms with Crippen LogP contribution in [-0.4, -0.2) is 29.0 Å². The highest BCUT2D eigenvalue weighted by atomic mass is 35.5. The van der Waals surface area contributed by atoms with Crippen LogP contribution in [0.5, 0.6) is 0 Å². The number of pyridine rings is 1. The van der Waals surface area contributed by atoms with Crippen molar-refractivity contribution in [2.45, 2.75) is 25.4 Å². The van der Waals surface area contributed by atoms with Crippen molar-refractivity contribution in [3.8, 4) is 11.3 Å². The Kier molecular flexibility index (Phi) is 6.23. The Balaban J connectivity index is 1.58. The summed E-state index contributed by atoms with van der Waals surface area (Å²) >= 11 is 6.13. The van der Waals surface area contributed by atoms with Crippen LogP contribution in [0.3, 0.4) is 0 Å². The average molecular weight is 429 g/mol. The van der Waals surface area contributed by atoms with Gasteiger partial charge in [0.05, 0.1) is 24.4 Å². The molecule has 1 aliphatic rings. The lowest BCUT2D eigenvalue weighted by Crippen LogP contribution is -2.28. The minimum Gasteiger partial charge on any atom is -0.373 e. The van der Waals surface area contributed by atoms with E-state index in [0.717, 1.165) is 41.1 Å². The number of ether oxygens (including phenoxy) is 1. The van der Waals surface area contributed by atoms with Gasteiger partial charge in [-0.15, -0.1) is 0 Å². The van der Waals surface area contributed by atoms with Gasteiger partial charge < -0.3 is 10.1 Å². The molecule has 5 nitrogen and oxygen atoms in total. The van der Waals surface area contributed by atoms with Crippen LogP contribution in [0.4, 0.5) is 0 Å². The van der Waals surface area contributed by atoms with Gasteiger partial charge in [-0.25, -0.2) is 9.97 Å². The SMILES string of the molecule is C[s+]1ccnc1CCNC(=O)c1nc(-c2cccc(Cl)c2)ccc1C1CCCO1. The van der Waals surface area contributed by atoms with Crippen molar-refractivity contribution < 1.29 is 9.53 Å². The largest absolute Gasteiger partial charge is 0.373 e. The van der Waals surface area contributed by atoms with Crippen LogP contribution in [0.2, 0.25) is 5.02 Å². The van der Waals surface area contributed by atoms with Crippen LogP contribution in [0.25, 0.3) is 11.3 Å². The van der Waals surface area contributed by atoms with Gasteiger partial charge in [-0.1, -0.05) is 29.8 Å². The molecule has 3 heterocycles. The first kappa shape index (κ1) is 20.0. The van der Waals surface area contributed by atoms with Crippen molar-refractivity contribution in [3.63, 3.8) is 0 Å². The molecule has 1 fully saturated rings. The molecule has 2 aromatic heterocycles. The predicted molar refractivity (Wildman–Crippen MR) is 116 cm³/mol. The van der Waals surface area contributed by atoms with E-state index in [1.807, 2.05) is 42.6 Å². The molecule has 4 rings (SSSR count). The smallest absolute Gasteiger partial charge is 0.270 e. The average Bonchev–Trinajstić information content (AvgIpc) is 3.40. The van der Waals surface area contributed by atoms with Crippen molar-refractivity contribution in [2.24, 2.45) is 6.26 Å². The van der Waals surface area contributed by atoms with Crippen molar-refractivity contribution >= 4 is 28.0 Å². The standard InChI is InChI=1S/C22H22ClN3O2S/c1-29-13-11-24-20(29)9-10-25-22(27)21-17(19-6-3-12-28-19)7-8-18(26-21)15-4-2-5-16(23)14-15/h2,4-5,7-8,11,13-14,19H,3,6,9-10,12H2,1H3/p+1. The molecule has 0 bridgehead atoms. The lowest BCUT2D eigenvalue weighted by atomic mass is 10.0. The molecular weight excluding hydrogens is 406 g/mol. The summed E-state index contributed by atoms with van der Waals surface area (Å²) in [6.45, 7) is 1.25. The summed E-state index contributed by atoms with van der Waals surface area (Å²) in [5, 5.41) is 6.85. The molecule has 2 atom stereocenters. The molecule has 1 amide bonds. The molecule has 1 N–H and O–H groups in total. The van der Waals surface area contributed by atoms with Crippen molar-refractivity contribution in [2.75, 3.05) is 13.2 Å². The van der Waals surface area contributed by atoms with Gasteiger partial charge in [-0.05, 0) is 41.5 Å². The number of nitrogens with zero attached hydrogens (tertiary/aromatic N) is 2. The van der Waals surface area contributed by atoms with E-state index in [2.05, 4.69) is 21.9 Å². The predicted octanol–water partition coefficient (Wildman–Crippen LogP) is 4.91. The summed E-state index contributed by atoms with van der Waals surface area (Å²) in [4.78, 5) is 22.1. The topological polar surface area (TPSA) is 64.1 Å². The van der Waals surface area contributed by atoms with E-state index in [1.165, 1.54) is 0 Å². The third-order valence-electron chi connectivity index (χ3n) is 5.02. The summed E-state index contributed by atoms with van der Waals surface area (Å²) in [6, 6.07) is 11.4. The second-order valence-corrected chi connectivity index (χ2v) is 9.31. The van der Waals surface area contributed by atoms with Gasteiger partial charge in [0.15, 0.2) is 5.38 Å². The maximum absolute atomic E-state index is 13.0. The van der Waals surface area contributed by atoms with E-state index < -0.39 is 0 Å². The molecule has 0 spiro atoms. The van der Waals surface area contributed by atoms with E-state index >= 15 is 0 Å². The number of nitrogens with one attached hydrogen (secondary N) is 1. The number of aryl methyl sites for hydroxylation is 1. The zero-order valence-electron chi connectivity index (χ0n) is 16.2. The molecule has 7 heteroatoms. The molecule has 29 heavy (non-hydrogen) atoms. The minimum atomic E-state index is -0.179. The van der Waals surface area contributed by atoms with Crippen molar-refractivity contribution in [1.82, 2.24) is 15.3 Å². The molecule has 3 aromatic rings. The molecular formula is C22H23ClN3O2S+. The fourth-order valence-corrected chi connectivity index (χ4v) is 4.74. The Morgan fingerprint density at radius 2 is 2.24 bits per heavy atom. The van der Waals surface area contributed by atoms with Crippen LogP contribution in [0.1, 0.15) is 40.0 Å². The Morgan fingerprint density at radius 3 is 2.97 bits per heavy atom. The fourth-order valence-electron chi connectivity index (χ4n) is 3.50. The molecule has 2 unspecified atom stereocenters. The van der Waals surface area contributed by atoms with E-state index in [-0.39, 0.29) is 22.5 Å². The van der Waals surface area contributed by atoms with Gasteiger partial charge in [-0.2, -0.15) is 0 Å².